The molecule has 2 rings (SSSR count). The minimum atomic E-state index is -0.587. The highest BCUT2D eigenvalue weighted by atomic mass is 32.1. The van der Waals surface area contributed by atoms with Crippen molar-refractivity contribution in [1.29, 1.82) is 0 Å². The van der Waals surface area contributed by atoms with E-state index in [9.17, 15) is 5.11 Å². The molecule has 0 aliphatic heterocycles. The third-order valence-corrected chi connectivity index (χ3v) is 3.89. The van der Waals surface area contributed by atoms with Gasteiger partial charge in [0.1, 0.15) is 0 Å². The monoisotopic (exact) mass is 226 g/mol. The van der Waals surface area contributed by atoms with E-state index in [-0.39, 0.29) is 0 Å². The summed E-state index contributed by atoms with van der Waals surface area (Å²) in [6, 6.07) is 2.13. The van der Waals surface area contributed by atoms with Gasteiger partial charge in [0.05, 0.1) is 12.2 Å². The van der Waals surface area contributed by atoms with Gasteiger partial charge in [0.25, 0.3) is 0 Å². The molecule has 1 unspecified atom stereocenters. The first-order valence-corrected chi connectivity index (χ1v) is 6.41. The normalized spacial score (nSPS) is 20.1. The summed E-state index contributed by atoms with van der Waals surface area (Å²) < 4.78 is 5.13. The van der Waals surface area contributed by atoms with Crippen molar-refractivity contribution in [1.82, 2.24) is 0 Å². The highest BCUT2D eigenvalue weighted by Crippen LogP contribution is 2.42. The second-order valence-electron chi connectivity index (χ2n) is 4.44. The van der Waals surface area contributed by atoms with Gasteiger partial charge in [-0.3, -0.25) is 0 Å². The van der Waals surface area contributed by atoms with E-state index in [0.717, 1.165) is 25.7 Å². The van der Waals surface area contributed by atoms with Gasteiger partial charge in [0, 0.05) is 7.11 Å². The van der Waals surface area contributed by atoms with Gasteiger partial charge < -0.3 is 9.84 Å². The summed E-state index contributed by atoms with van der Waals surface area (Å²) in [5, 5.41) is 14.7. The van der Waals surface area contributed by atoms with E-state index in [1.807, 2.05) is 0 Å². The molecule has 1 aromatic heterocycles. The summed E-state index contributed by atoms with van der Waals surface area (Å²) in [4.78, 5) is 0. The maximum Gasteiger partial charge on any atom is 0.0911 e. The lowest BCUT2D eigenvalue weighted by atomic mass is 9.91. The van der Waals surface area contributed by atoms with Crippen molar-refractivity contribution in [3.8, 4) is 0 Å². The molecule has 0 spiro atoms. The molecule has 0 bridgehead atoms. The summed E-state index contributed by atoms with van der Waals surface area (Å²) in [5.41, 5.74) is 0.742. The Labute approximate surface area is 94.9 Å². The van der Waals surface area contributed by atoms with Crippen molar-refractivity contribution in [2.75, 3.05) is 13.7 Å². The Morgan fingerprint density at radius 1 is 1.60 bits per heavy atom. The van der Waals surface area contributed by atoms with Crippen molar-refractivity contribution < 1.29 is 9.84 Å². The van der Waals surface area contributed by atoms with Gasteiger partial charge in [-0.05, 0) is 54.0 Å². The lowest BCUT2D eigenvalue weighted by Crippen LogP contribution is -2.37. The molecule has 1 N–H and O–H groups in total. The molecule has 1 fully saturated rings. The number of hydrogen-bond acceptors (Lipinski definition) is 3. The SMILES string of the molecule is COCC(O)(CCc1ccsc1)C1CC1. The molecule has 1 aromatic rings. The van der Waals surface area contributed by atoms with E-state index in [4.69, 9.17) is 4.74 Å². The van der Waals surface area contributed by atoms with Crippen LogP contribution in [0.25, 0.3) is 0 Å². The molecule has 0 amide bonds. The van der Waals surface area contributed by atoms with Crippen LogP contribution in [0.2, 0.25) is 0 Å². The topological polar surface area (TPSA) is 29.5 Å². The maximum absolute atomic E-state index is 10.4. The van der Waals surface area contributed by atoms with Gasteiger partial charge in [-0.1, -0.05) is 0 Å². The zero-order valence-electron chi connectivity index (χ0n) is 9.11. The van der Waals surface area contributed by atoms with Crippen LogP contribution in [0, 0.1) is 5.92 Å². The van der Waals surface area contributed by atoms with Crippen LogP contribution < -0.4 is 0 Å². The van der Waals surface area contributed by atoms with Crippen LogP contribution in [0.1, 0.15) is 24.8 Å². The zero-order valence-corrected chi connectivity index (χ0v) is 9.93. The Morgan fingerprint density at radius 2 is 2.40 bits per heavy atom. The van der Waals surface area contributed by atoms with Crippen LogP contribution >= 0.6 is 11.3 Å². The zero-order chi connectivity index (χ0) is 10.7. The molecule has 3 heteroatoms. The Balaban J connectivity index is 1.89. The summed E-state index contributed by atoms with van der Waals surface area (Å²) in [6.45, 7) is 0.474. The molecule has 2 nitrogen and oxygen atoms in total. The molecule has 15 heavy (non-hydrogen) atoms. The van der Waals surface area contributed by atoms with Crippen molar-refractivity contribution >= 4 is 11.3 Å². The van der Waals surface area contributed by atoms with Crippen molar-refractivity contribution in [2.45, 2.75) is 31.3 Å². The van der Waals surface area contributed by atoms with Crippen LogP contribution in [0.15, 0.2) is 16.8 Å². The molecule has 1 heterocycles. The summed E-state index contributed by atoms with van der Waals surface area (Å²) in [7, 11) is 1.66. The van der Waals surface area contributed by atoms with E-state index in [1.165, 1.54) is 5.56 Å². The predicted octanol–water partition coefficient (Wildman–Crippen LogP) is 2.47. The molecular weight excluding hydrogens is 208 g/mol. The Hall–Kier alpha value is -0.380. The van der Waals surface area contributed by atoms with E-state index in [2.05, 4.69) is 16.8 Å². The lowest BCUT2D eigenvalue weighted by molar-refractivity contribution is -0.0535. The van der Waals surface area contributed by atoms with Crippen LogP contribution in [-0.2, 0) is 11.2 Å². The molecule has 1 atom stereocenters. The number of ether oxygens (including phenoxy) is 1. The number of rotatable bonds is 6. The van der Waals surface area contributed by atoms with E-state index in [1.54, 1.807) is 18.4 Å². The molecule has 0 saturated heterocycles. The van der Waals surface area contributed by atoms with E-state index < -0.39 is 5.60 Å². The number of aliphatic hydroxyl groups is 1. The largest absolute Gasteiger partial charge is 0.387 e. The Kier molecular flexibility index (Phi) is 3.44. The first kappa shape index (κ1) is 11.1. The summed E-state index contributed by atoms with van der Waals surface area (Å²) in [6.07, 6.45) is 4.09. The lowest BCUT2D eigenvalue weighted by Gasteiger charge is -2.27. The first-order valence-electron chi connectivity index (χ1n) is 5.47. The third-order valence-electron chi connectivity index (χ3n) is 3.16. The third kappa shape index (κ3) is 2.80. The predicted molar refractivity (Wildman–Crippen MR) is 62.2 cm³/mol. The van der Waals surface area contributed by atoms with Crippen molar-refractivity contribution in [3.63, 3.8) is 0 Å². The smallest absolute Gasteiger partial charge is 0.0911 e. The van der Waals surface area contributed by atoms with Crippen molar-refractivity contribution in [2.24, 2.45) is 5.92 Å². The van der Waals surface area contributed by atoms with Gasteiger partial charge in [-0.25, -0.2) is 0 Å². The van der Waals surface area contributed by atoms with E-state index in [0.29, 0.717) is 12.5 Å². The summed E-state index contributed by atoms with van der Waals surface area (Å²) in [5.74, 6) is 0.469. The highest BCUT2D eigenvalue weighted by Gasteiger charge is 2.43. The van der Waals surface area contributed by atoms with Gasteiger partial charge in [-0.15, -0.1) is 0 Å². The van der Waals surface area contributed by atoms with Crippen LogP contribution in [0.3, 0.4) is 0 Å². The average Bonchev–Trinajstić information content (AvgIpc) is 2.95. The molecule has 1 saturated carbocycles. The number of methoxy groups -OCH3 is 1. The Bertz CT molecular complexity index is 293. The maximum atomic E-state index is 10.4. The molecule has 84 valence electrons. The number of hydrogen-bond donors (Lipinski definition) is 1. The van der Waals surface area contributed by atoms with Gasteiger partial charge in [0.15, 0.2) is 0 Å². The highest BCUT2D eigenvalue weighted by molar-refractivity contribution is 7.07. The molecule has 1 aliphatic rings. The quantitative estimate of drug-likeness (QED) is 0.807. The van der Waals surface area contributed by atoms with E-state index >= 15 is 0 Å². The van der Waals surface area contributed by atoms with Gasteiger partial charge >= 0.3 is 0 Å². The van der Waals surface area contributed by atoms with Crippen LogP contribution in [-0.4, -0.2) is 24.4 Å². The average molecular weight is 226 g/mol. The number of thiophene rings is 1. The van der Waals surface area contributed by atoms with Gasteiger partial charge in [-0.2, -0.15) is 11.3 Å². The molecule has 0 aromatic carbocycles. The molecule has 0 radical (unpaired) electrons. The standard InChI is InChI=1S/C12H18O2S/c1-14-9-12(13,11-2-3-11)6-4-10-5-7-15-8-10/h5,7-8,11,13H,2-4,6,9H2,1H3. The van der Waals surface area contributed by atoms with Crippen LogP contribution in [0.5, 0.6) is 0 Å². The minimum Gasteiger partial charge on any atom is -0.387 e. The summed E-state index contributed by atoms with van der Waals surface area (Å²) >= 11 is 1.71. The number of aryl methyl sites for hydroxylation is 1. The fourth-order valence-electron chi connectivity index (χ4n) is 2.06. The second-order valence-corrected chi connectivity index (χ2v) is 5.22. The van der Waals surface area contributed by atoms with Crippen molar-refractivity contribution in [3.05, 3.63) is 22.4 Å². The molecule has 1 aliphatic carbocycles. The molecular formula is C12H18O2S. The minimum absolute atomic E-state index is 0.469. The van der Waals surface area contributed by atoms with Crippen LogP contribution in [0.4, 0.5) is 0 Å². The second kappa shape index (κ2) is 4.64. The fourth-order valence-corrected chi connectivity index (χ4v) is 2.76. The first-order chi connectivity index (χ1) is 7.24. The van der Waals surface area contributed by atoms with Gasteiger partial charge in [0.2, 0.25) is 0 Å². The Morgan fingerprint density at radius 3 is 2.93 bits per heavy atom. The fraction of sp³-hybridized carbons (Fsp3) is 0.667.